The molecular weight excluding hydrogens is 176 g/mol. The van der Waals surface area contributed by atoms with E-state index in [0.29, 0.717) is 12.3 Å². The van der Waals surface area contributed by atoms with E-state index in [1.807, 2.05) is 12.2 Å². The molecule has 0 heterocycles. The van der Waals surface area contributed by atoms with Crippen LogP contribution in [-0.2, 0) is 9.59 Å². The fourth-order valence-corrected chi connectivity index (χ4v) is 3.51. The Hall–Kier alpha value is -0.920. The summed E-state index contributed by atoms with van der Waals surface area (Å²) in [6.07, 6.45) is 7.65. The van der Waals surface area contributed by atoms with Crippen molar-refractivity contribution < 1.29 is 9.59 Å². The molecule has 1 spiro atoms. The van der Waals surface area contributed by atoms with Gasteiger partial charge in [0.2, 0.25) is 0 Å². The van der Waals surface area contributed by atoms with Gasteiger partial charge in [0.15, 0.2) is 5.78 Å². The van der Waals surface area contributed by atoms with Crippen molar-refractivity contribution in [2.45, 2.75) is 32.6 Å². The molecule has 3 aliphatic carbocycles. The lowest BCUT2D eigenvalue weighted by Gasteiger charge is -2.37. The van der Waals surface area contributed by atoms with Gasteiger partial charge in [0.1, 0.15) is 11.2 Å². The molecule has 2 heteroatoms. The van der Waals surface area contributed by atoms with Crippen molar-refractivity contribution in [2.75, 3.05) is 0 Å². The molecular formula is C12H14O2. The maximum atomic E-state index is 12.2. The van der Waals surface area contributed by atoms with Gasteiger partial charge in [0.05, 0.1) is 5.41 Å². The first kappa shape index (κ1) is 8.39. The normalized spacial score (nSPS) is 49.9. The predicted molar refractivity (Wildman–Crippen MR) is 51.7 cm³/mol. The second kappa shape index (κ2) is 2.18. The number of rotatable bonds is 0. The van der Waals surface area contributed by atoms with Crippen LogP contribution in [0.25, 0.3) is 0 Å². The average Bonchev–Trinajstić information content (AvgIpc) is 2.64. The number of hydrogen-bond acceptors (Lipinski definition) is 2. The molecule has 74 valence electrons. The summed E-state index contributed by atoms with van der Waals surface area (Å²) in [5.41, 5.74) is -0.997. The van der Waals surface area contributed by atoms with E-state index in [0.717, 1.165) is 19.3 Å². The minimum Gasteiger partial charge on any atom is -0.298 e. The van der Waals surface area contributed by atoms with E-state index in [2.05, 4.69) is 0 Å². The second-order valence-corrected chi connectivity index (χ2v) is 5.12. The van der Waals surface area contributed by atoms with Gasteiger partial charge in [-0.05, 0) is 25.7 Å². The van der Waals surface area contributed by atoms with E-state index < -0.39 is 5.41 Å². The third kappa shape index (κ3) is 0.667. The molecule has 0 aromatic heterocycles. The lowest BCUT2D eigenvalue weighted by atomic mass is 9.62. The molecule has 0 aromatic rings. The lowest BCUT2D eigenvalue weighted by molar-refractivity contribution is -0.146. The Morgan fingerprint density at radius 2 is 2.14 bits per heavy atom. The van der Waals surface area contributed by atoms with Crippen LogP contribution in [0.4, 0.5) is 0 Å². The standard InChI is InChI=1S/C12H14O2/c1-11-5-6-12(10(11)14)4-2-3-8(12)7-9(11)13/h5-6,8H,2-4,7H2,1H3/t8-,11-,12+/m1/s1. The van der Waals surface area contributed by atoms with Crippen molar-refractivity contribution in [1.82, 2.24) is 0 Å². The van der Waals surface area contributed by atoms with Crippen LogP contribution < -0.4 is 0 Å². The van der Waals surface area contributed by atoms with E-state index in [1.165, 1.54) is 0 Å². The van der Waals surface area contributed by atoms with Gasteiger partial charge in [-0.3, -0.25) is 9.59 Å². The summed E-state index contributed by atoms with van der Waals surface area (Å²) in [6, 6.07) is 0. The van der Waals surface area contributed by atoms with Crippen molar-refractivity contribution in [2.24, 2.45) is 16.7 Å². The van der Waals surface area contributed by atoms with Gasteiger partial charge in [-0.2, -0.15) is 0 Å². The van der Waals surface area contributed by atoms with E-state index in [-0.39, 0.29) is 17.0 Å². The molecule has 2 nitrogen and oxygen atoms in total. The number of fused-ring (bicyclic) bond motifs is 1. The summed E-state index contributed by atoms with van der Waals surface area (Å²) < 4.78 is 0. The van der Waals surface area contributed by atoms with Crippen LogP contribution in [0.3, 0.4) is 0 Å². The van der Waals surface area contributed by atoms with Gasteiger partial charge >= 0.3 is 0 Å². The topological polar surface area (TPSA) is 34.1 Å². The highest BCUT2D eigenvalue weighted by atomic mass is 16.2. The number of ketones is 2. The number of hydrogen-bond donors (Lipinski definition) is 0. The van der Waals surface area contributed by atoms with E-state index in [4.69, 9.17) is 0 Å². The Morgan fingerprint density at radius 3 is 2.93 bits per heavy atom. The number of allylic oxidation sites excluding steroid dienone is 2. The molecule has 0 radical (unpaired) electrons. The fourth-order valence-electron chi connectivity index (χ4n) is 3.51. The van der Waals surface area contributed by atoms with Gasteiger partial charge < -0.3 is 0 Å². The van der Waals surface area contributed by atoms with Gasteiger partial charge in [-0.25, -0.2) is 0 Å². The monoisotopic (exact) mass is 190 g/mol. The minimum atomic E-state index is -0.763. The van der Waals surface area contributed by atoms with Gasteiger partial charge in [-0.1, -0.05) is 18.6 Å². The number of Topliss-reactive ketones (excluding diaryl/α,β-unsaturated/α-hetero) is 2. The summed E-state index contributed by atoms with van der Waals surface area (Å²) >= 11 is 0. The Morgan fingerprint density at radius 1 is 1.36 bits per heavy atom. The van der Waals surface area contributed by atoms with E-state index in [9.17, 15) is 9.59 Å². The minimum absolute atomic E-state index is 0.138. The van der Waals surface area contributed by atoms with Gasteiger partial charge in [-0.15, -0.1) is 0 Å². The molecule has 0 aromatic carbocycles. The van der Waals surface area contributed by atoms with Crippen LogP contribution in [0.5, 0.6) is 0 Å². The van der Waals surface area contributed by atoms with Crippen molar-refractivity contribution in [3.05, 3.63) is 12.2 Å². The fraction of sp³-hybridized carbons (Fsp3) is 0.667. The number of carbonyl (C=O) groups is 2. The van der Waals surface area contributed by atoms with Crippen molar-refractivity contribution >= 4 is 11.6 Å². The highest BCUT2D eigenvalue weighted by Crippen LogP contribution is 2.58. The van der Waals surface area contributed by atoms with E-state index >= 15 is 0 Å². The van der Waals surface area contributed by atoms with Crippen LogP contribution in [0, 0.1) is 16.7 Å². The number of carbonyl (C=O) groups excluding carboxylic acids is 2. The largest absolute Gasteiger partial charge is 0.298 e. The molecule has 0 aliphatic heterocycles. The Kier molecular flexibility index (Phi) is 1.31. The van der Waals surface area contributed by atoms with Crippen LogP contribution in [-0.4, -0.2) is 11.6 Å². The van der Waals surface area contributed by atoms with Crippen molar-refractivity contribution in [3.63, 3.8) is 0 Å². The molecule has 3 aliphatic rings. The molecule has 0 amide bonds. The summed E-state index contributed by atoms with van der Waals surface area (Å²) in [7, 11) is 0. The highest BCUT2D eigenvalue weighted by Gasteiger charge is 2.62. The first-order valence-electron chi connectivity index (χ1n) is 5.38. The smallest absolute Gasteiger partial charge is 0.160 e. The Labute approximate surface area is 83.4 Å². The first-order valence-corrected chi connectivity index (χ1v) is 5.38. The zero-order valence-electron chi connectivity index (χ0n) is 8.38. The van der Waals surface area contributed by atoms with Gasteiger partial charge in [0.25, 0.3) is 0 Å². The second-order valence-electron chi connectivity index (χ2n) is 5.12. The van der Waals surface area contributed by atoms with Crippen molar-refractivity contribution in [1.29, 1.82) is 0 Å². The molecule has 0 N–H and O–H groups in total. The lowest BCUT2D eigenvalue weighted by Crippen LogP contribution is -2.48. The summed E-state index contributed by atoms with van der Waals surface area (Å²) in [5.74, 6) is 0.636. The quantitative estimate of drug-likeness (QED) is 0.432. The zero-order valence-corrected chi connectivity index (χ0v) is 8.38. The average molecular weight is 190 g/mol. The first-order chi connectivity index (χ1) is 6.59. The third-order valence-electron chi connectivity index (χ3n) is 4.49. The maximum absolute atomic E-state index is 12.2. The molecule has 0 saturated heterocycles. The summed E-state index contributed by atoms with van der Waals surface area (Å²) in [5, 5.41) is 0. The van der Waals surface area contributed by atoms with Crippen LogP contribution >= 0.6 is 0 Å². The zero-order chi connectivity index (χ0) is 9.97. The van der Waals surface area contributed by atoms with Gasteiger partial charge in [0, 0.05) is 6.42 Å². The summed E-state index contributed by atoms with van der Waals surface area (Å²) in [4.78, 5) is 24.1. The predicted octanol–water partition coefficient (Wildman–Crippen LogP) is 1.89. The Balaban J connectivity index is 2.18. The molecule has 0 unspecified atom stereocenters. The highest BCUT2D eigenvalue weighted by molar-refractivity contribution is 6.16. The molecule has 3 rings (SSSR count). The summed E-state index contributed by atoms with van der Waals surface area (Å²) in [6.45, 7) is 1.79. The molecule has 14 heavy (non-hydrogen) atoms. The van der Waals surface area contributed by atoms with Crippen LogP contribution in [0.15, 0.2) is 12.2 Å². The molecule has 2 bridgehead atoms. The molecule has 2 fully saturated rings. The SMILES string of the molecule is C[C@@]12C=C[C@]3(CCC[C@@H]3CC1=O)C2=O. The molecule has 2 saturated carbocycles. The Bertz CT molecular complexity index is 369. The van der Waals surface area contributed by atoms with Crippen LogP contribution in [0.1, 0.15) is 32.6 Å². The molecule has 3 atom stereocenters. The maximum Gasteiger partial charge on any atom is 0.160 e. The van der Waals surface area contributed by atoms with Crippen molar-refractivity contribution in [3.8, 4) is 0 Å². The third-order valence-corrected chi connectivity index (χ3v) is 4.49. The van der Waals surface area contributed by atoms with Crippen LogP contribution in [0.2, 0.25) is 0 Å². The van der Waals surface area contributed by atoms with E-state index in [1.54, 1.807) is 6.92 Å².